The first kappa shape index (κ1) is 10.2. The normalized spacial score (nSPS) is 11.5. The van der Waals surface area contributed by atoms with Crippen LogP contribution in [0.15, 0.2) is 18.2 Å². The first-order valence-corrected chi connectivity index (χ1v) is 5.45. The molecular formula is C13H18N2. The monoisotopic (exact) mass is 202 g/mol. The number of benzene rings is 1. The van der Waals surface area contributed by atoms with Gasteiger partial charge in [0.1, 0.15) is 0 Å². The lowest BCUT2D eigenvalue weighted by molar-refractivity contribution is 0.841. The molecule has 0 aliphatic heterocycles. The van der Waals surface area contributed by atoms with Crippen molar-refractivity contribution in [3.05, 3.63) is 35.0 Å². The van der Waals surface area contributed by atoms with Gasteiger partial charge >= 0.3 is 0 Å². The Labute approximate surface area is 90.5 Å². The number of nitrogens with one attached hydrogen (secondary N) is 1. The minimum Gasteiger partial charge on any atom is -0.357 e. The number of para-hydroxylation sites is 1. The maximum Gasteiger partial charge on any atom is 0.0489 e. The second-order valence-electron chi connectivity index (χ2n) is 4.37. The van der Waals surface area contributed by atoms with Gasteiger partial charge in [-0.2, -0.15) is 0 Å². The molecule has 0 atom stereocenters. The van der Waals surface area contributed by atoms with Gasteiger partial charge < -0.3 is 10.7 Å². The van der Waals surface area contributed by atoms with E-state index in [-0.39, 0.29) is 0 Å². The number of H-pyrrole nitrogens is 1. The van der Waals surface area contributed by atoms with Gasteiger partial charge in [0.15, 0.2) is 0 Å². The van der Waals surface area contributed by atoms with Crippen LogP contribution in [-0.4, -0.2) is 4.98 Å². The van der Waals surface area contributed by atoms with E-state index in [0.29, 0.717) is 12.5 Å². The highest BCUT2D eigenvalue weighted by molar-refractivity contribution is 5.87. The second kappa shape index (κ2) is 3.70. The van der Waals surface area contributed by atoms with E-state index in [9.17, 15) is 0 Å². The number of hydrogen-bond acceptors (Lipinski definition) is 1. The zero-order valence-electron chi connectivity index (χ0n) is 9.59. The van der Waals surface area contributed by atoms with Crippen LogP contribution in [-0.2, 0) is 6.54 Å². The highest BCUT2D eigenvalue weighted by Gasteiger charge is 2.13. The Morgan fingerprint density at radius 2 is 2.07 bits per heavy atom. The summed E-state index contributed by atoms with van der Waals surface area (Å²) in [4.78, 5) is 3.44. The number of nitrogens with two attached hydrogens (primary N) is 1. The summed E-state index contributed by atoms with van der Waals surface area (Å²) >= 11 is 0. The van der Waals surface area contributed by atoms with Gasteiger partial charge in [-0.15, -0.1) is 0 Å². The molecule has 2 heteroatoms. The van der Waals surface area contributed by atoms with Crippen molar-refractivity contribution in [2.75, 3.05) is 0 Å². The Morgan fingerprint density at radius 3 is 2.67 bits per heavy atom. The smallest absolute Gasteiger partial charge is 0.0489 e. The van der Waals surface area contributed by atoms with E-state index in [2.05, 4.69) is 44.0 Å². The number of hydrogen-bond donors (Lipinski definition) is 2. The maximum atomic E-state index is 5.77. The van der Waals surface area contributed by atoms with Crippen molar-refractivity contribution in [1.82, 2.24) is 4.98 Å². The lowest BCUT2D eigenvalue weighted by Crippen LogP contribution is -2.01. The van der Waals surface area contributed by atoms with Crippen molar-refractivity contribution < 1.29 is 0 Å². The molecule has 2 rings (SSSR count). The predicted molar refractivity (Wildman–Crippen MR) is 65.0 cm³/mol. The molecule has 0 radical (unpaired) electrons. The van der Waals surface area contributed by atoms with E-state index < -0.39 is 0 Å². The average molecular weight is 202 g/mol. The van der Waals surface area contributed by atoms with E-state index in [1.54, 1.807) is 0 Å². The summed E-state index contributed by atoms with van der Waals surface area (Å²) in [5.74, 6) is 0.513. The molecule has 15 heavy (non-hydrogen) atoms. The van der Waals surface area contributed by atoms with Gasteiger partial charge in [-0.3, -0.25) is 0 Å². The zero-order chi connectivity index (χ0) is 11.0. The predicted octanol–water partition coefficient (Wildman–Crippen LogP) is 3.06. The molecule has 80 valence electrons. The Balaban J connectivity index is 2.80. The molecular weight excluding hydrogens is 184 g/mol. The number of fused-ring (bicyclic) bond motifs is 1. The summed E-state index contributed by atoms with van der Waals surface area (Å²) in [5, 5.41) is 1.32. The van der Waals surface area contributed by atoms with E-state index in [4.69, 9.17) is 5.73 Å². The van der Waals surface area contributed by atoms with E-state index in [1.165, 1.54) is 27.7 Å². The van der Waals surface area contributed by atoms with Crippen LogP contribution in [0, 0.1) is 6.92 Å². The van der Waals surface area contributed by atoms with Gasteiger partial charge in [0.2, 0.25) is 0 Å². The first-order chi connectivity index (χ1) is 7.15. The van der Waals surface area contributed by atoms with Crippen molar-refractivity contribution in [2.24, 2.45) is 5.73 Å². The van der Waals surface area contributed by atoms with Crippen LogP contribution < -0.4 is 5.73 Å². The van der Waals surface area contributed by atoms with Gasteiger partial charge in [0.05, 0.1) is 0 Å². The summed E-state index contributed by atoms with van der Waals surface area (Å²) in [7, 11) is 0. The Hall–Kier alpha value is -1.28. The topological polar surface area (TPSA) is 41.8 Å². The van der Waals surface area contributed by atoms with Gasteiger partial charge in [-0.1, -0.05) is 32.0 Å². The lowest BCUT2D eigenvalue weighted by Gasteiger charge is -2.06. The average Bonchev–Trinajstić information content (AvgIpc) is 2.57. The summed E-state index contributed by atoms with van der Waals surface area (Å²) in [6.45, 7) is 7.14. The maximum absolute atomic E-state index is 5.77. The molecule has 0 saturated heterocycles. The summed E-state index contributed by atoms with van der Waals surface area (Å²) < 4.78 is 0. The third kappa shape index (κ3) is 1.55. The molecule has 0 spiro atoms. The fraction of sp³-hybridized carbons (Fsp3) is 0.385. The minimum atomic E-state index is 0.513. The summed E-state index contributed by atoms with van der Waals surface area (Å²) in [6, 6.07) is 6.41. The zero-order valence-corrected chi connectivity index (χ0v) is 9.59. The van der Waals surface area contributed by atoms with Crippen LogP contribution in [0.25, 0.3) is 10.9 Å². The van der Waals surface area contributed by atoms with E-state index in [1.807, 2.05) is 0 Å². The van der Waals surface area contributed by atoms with E-state index in [0.717, 1.165) is 0 Å². The standard InChI is InChI=1S/C13H18N2/c1-8(2)12-10-6-4-5-9(3)13(10)15-11(12)7-14/h4-6,8,15H,7,14H2,1-3H3. The van der Waals surface area contributed by atoms with E-state index >= 15 is 0 Å². The quantitative estimate of drug-likeness (QED) is 0.772. The van der Waals surface area contributed by atoms with Crippen LogP contribution in [0.1, 0.15) is 36.6 Å². The first-order valence-electron chi connectivity index (χ1n) is 5.45. The molecule has 0 bridgehead atoms. The highest BCUT2D eigenvalue weighted by atomic mass is 14.8. The summed E-state index contributed by atoms with van der Waals surface area (Å²) in [5.41, 5.74) is 10.8. The molecule has 0 amide bonds. The molecule has 1 aromatic carbocycles. The van der Waals surface area contributed by atoms with Crippen molar-refractivity contribution in [3.63, 3.8) is 0 Å². The van der Waals surface area contributed by atoms with Gasteiger partial charge in [-0.25, -0.2) is 0 Å². The number of aromatic amines is 1. The molecule has 0 unspecified atom stereocenters. The molecule has 0 saturated carbocycles. The van der Waals surface area contributed by atoms with Gasteiger partial charge in [0.25, 0.3) is 0 Å². The number of aromatic nitrogens is 1. The molecule has 2 nitrogen and oxygen atoms in total. The van der Waals surface area contributed by atoms with Crippen LogP contribution in [0.4, 0.5) is 0 Å². The van der Waals surface area contributed by atoms with Crippen molar-refractivity contribution in [3.8, 4) is 0 Å². The molecule has 0 aliphatic rings. The van der Waals surface area contributed by atoms with Crippen molar-refractivity contribution in [1.29, 1.82) is 0 Å². The molecule has 3 N–H and O–H groups in total. The Kier molecular flexibility index (Phi) is 2.53. The van der Waals surface area contributed by atoms with Crippen LogP contribution in [0.3, 0.4) is 0 Å². The fourth-order valence-corrected chi connectivity index (χ4v) is 2.26. The Morgan fingerprint density at radius 1 is 1.33 bits per heavy atom. The minimum absolute atomic E-state index is 0.513. The van der Waals surface area contributed by atoms with Gasteiger partial charge in [0, 0.05) is 23.1 Å². The Bertz CT molecular complexity index is 480. The SMILES string of the molecule is Cc1cccc2c(C(C)C)c(CN)[nH]c12. The second-order valence-corrected chi connectivity index (χ2v) is 4.37. The highest BCUT2D eigenvalue weighted by Crippen LogP contribution is 2.30. The largest absolute Gasteiger partial charge is 0.357 e. The molecule has 0 fully saturated rings. The van der Waals surface area contributed by atoms with Crippen molar-refractivity contribution in [2.45, 2.75) is 33.2 Å². The summed E-state index contributed by atoms with van der Waals surface area (Å²) in [6.07, 6.45) is 0. The van der Waals surface area contributed by atoms with Crippen LogP contribution >= 0.6 is 0 Å². The molecule has 2 aromatic rings. The molecule has 1 heterocycles. The van der Waals surface area contributed by atoms with Crippen molar-refractivity contribution >= 4 is 10.9 Å². The lowest BCUT2D eigenvalue weighted by atomic mass is 9.98. The number of rotatable bonds is 2. The third-order valence-electron chi connectivity index (χ3n) is 2.95. The fourth-order valence-electron chi connectivity index (χ4n) is 2.26. The molecule has 1 aromatic heterocycles. The molecule has 0 aliphatic carbocycles. The van der Waals surface area contributed by atoms with Crippen LogP contribution in [0.2, 0.25) is 0 Å². The van der Waals surface area contributed by atoms with Crippen LogP contribution in [0.5, 0.6) is 0 Å². The van der Waals surface area contributed by atoms with Gasteiger partial charge in [-0.05, 0) is 24.0 Å². The third-order valence-corrected chi connectivity index (χ3v) is 2.95. The number of aryl methyl sites for hydroxylation is 1.